The van der Waals surface area contributed by atoms with E-state index in [4.69, 9.17) is 4.55 Å². The molecule has 0 saturated carbocycles. The fraction of sp³-hybridized carbons (Fsp3) is 0.444. The number of carbonyl (C=O) groups excluding carboxylic acids is 3. The predicted molar refractivity (Wildman–Crippen MR) is 107 cm³/mol. The lowest BCUT2D eigenvalue weighted by Gasteiger charge is -2.13. The largest absolute Gasteiger partial charge is 0.333 e. The molecule has 13 nitrogen and oxygen atoms in total. The Morgan fingerprint density at radius 1 is 1.31 bits per heavy atom. The highest BCUT2D eigenvalue weighted by Crippen LogP contribution is 2.26. The van der Waals surface area contributed by atoms with Crippen LogP contribution in [0, 0.1) is 10.1 Å². The third-order valence-corrected chi connectivity index (χ3v) is 5.73. The van der Waals surface area contributed by atoms with E-state index in [1.807, 2.05) is 0 Å². The fourth-order valence-electron chi connectivity index (χ4n) is 3.07. The van der Waals surface area contributed by atoms with Crippen molar-refractivity contribution >= 4 is 46.0 Å². The SMILES string of the molecule is C=[N+]=Nc1ccc(CCCCCCC(=O)ON2C(=O)CC(S(=O)(=O)O)C2=O)c([N+](=O)[O-])c1. The Hall–Kier alpha value is -3.48. The summed E-state index contributed by atoms with van der Waals surface area (Å²) in [6.07, 6.45) is 1.72. The molecule has 0 bridgehead atoms. The molecule has 1 fully saturated rings. The molecule has 1 aromatic carbocycles. The van der Waals surface area contributed by atoms with E-state index in [1.165, 1.54) is 6.07 Å². The Balaban J connectivity index is 1.75. The zero-order chi connectivity index (χ0) is 23.9. The number of nitro groups is 1. The van der Waals surface area contributed by atoms with E-state index >= 15 is 0 Å². The average Bonchev–Trinajstić information content (AvgIpc) is 3.00. The number of hydrogen-bond donors (Lipinski definition) is 1. The molecule has 32 heavy (non-hydrogen) atoms. The highest BCUT2D eigenvalue weighted by Gasteiger charge is 2.48. The molecule has 1 aromatic rings. The Labute approximate surface area is 182 Å². The highest BCUT2D eigenvalue weighted by atomic mass is 32.2. The molecule has 1 unspecified atom stereocenters. The van der Waals surface area contributed by atoms with E-state index in [1.54, 1.807) is 12.1 Å². The molecule has 0 spiro atoms. The first-order chi connectivity index (χ1) is 15.0. The average molecular weight is 469 g/mol. The number of benzene rings is 1. The summed E-state index contributed by atoms with van der Waals surface area (Å²) in [4.78, 5) is 54.0. The van der Waals surface area contributed by atoms with Crippen LogP contribution in [0.2, 0.25) is 0 Å². The van der Waals surface area contributed by atoms with Gasteiger partial charge in [0.25, 0.3) is 34.3 Å². The summed E-state index contributed by atoms with van der Waals surface area (Å²) >= 11 is 0. The van der Waals surface area contributed by atoms with Crippen LogP contribution in [-0.2, 0) is 35.8 Å². The molecule has 1 heterocycles. The zero-order valence-electron chi connectivity index (χ0n) is 16.9. The van der Waals surface area contributed by atoms with Crippen LogP contribution in [-0.4, -0.2) is 57.5 Å². The standard InChI is InChI=1S/C18H20N4O9S/c1-19-20-13-9-8-12(14(10-13)22(26)27)6-4-2-3-5-7-17(24)31-21-16(23)11-15(18(21)25)32(28,29)30/h8-10,15H,1-7,11H2/p+1. The molecule has 0 aromatic heterocycles. The van der Waals surface area contributed by atoms with Crippen molar-refractivity contribution in [2.45, 2.75) is 50.2 Å². The monoisotopic (exact) mass is 469 g/mol. The van der Waals surface area contributed by atoms with E-state index < -0.39 is 44.5 Å². The number of unbranched alkanes of at least 4 members (excludes halogenated alkanes) is 3. The first-order valence-electron chi connectivity index (χ1n) is 9.52. The smallest absolute Gasteiger partial charge is 0.330 e. The number of hydroxylamine groups is 2. The summed E-state index contributed by atoms with van der Waals surface area (Å²) < 4.78 is 31.1. The second-order valence-electron chi connectivity index (χ2n) is 6.92. The minimum absolute atomic E-state index is 0.0672. The summed E-state index contributed by atoms with van der Waals surface area (Å²) in [6.45, 7) is 3.20. The first kappa shape index (κ1) is 24.8. The highest BCUT2D eigenvalue weighted by molar-refractivity contribution is 7.87. The van der Waals surface area contributed by atoms with Gasteiger partial charge in [0.15, 0.2) is 10.9 Å². The van der Waals surface area contributed by atoms with Crippen LogP contribution in [0.25, 0.3) is 0 Å². The molecule has 2 amide bonds. The topological polar surface area (TPSA) is 188 Å². The molecule has 0 aliphatic carbocycles. The van der Waals surface area contributed by atoms with Gasteiger partial charge >= 0.3 is 5.97 Å². The zero-order valence-corrected chi connectivity index (χ0v) is 17.7. The molecule has 2 rings (SSSR count). The molecule has 0 radical (unpaired) electrons. The van der Waals surface area contributed by atoms with Gasteiger partial charge < -0.3 is 4.84 Å². The molecule has 172 valence electrons. The second kappa shape index (κ2) is 10.7. The number of carbonyl (C=O) groups is 3. The molecule has 1 N–H and O–H groups in total. The number of amides is 2. The number of imide groups is 1. The van der Waals surface area contributed by atoms with Crippen molar-refractivity contribution in [2.24, 2.45) is 5.11 Å². The maximum atomic E-state index is 11.8. The van der Waals surface area contributed by atoms with Crippen molar-refractivity contribution in [3.63, 3.8) is 0 Å². The van der Waals surface area contributed by atoms with Crippen LogP contribution in [0.5, 0.6) is 0 Å². The maximum Gasteiger partial charge on any atom is 0.333 e. The number of nitrogens with zero attached hydrogens (tertiary/aromatic N) is 4. The van der Waals surface area contributed by atoms with E-state index in [0.29, 0.717) is 43.4 Å². The van der Waals surface area contributed by atoms with Crippen molar-refractivity contribution in [3.05, 3.63) is 33.9 Å². The van der Waals surface area contributed by atoms with Crippen molar-refractivity contribution in [2.75, 3.05) is 0 Å². The minimum Gasteiger partial charge on any atom is -0.330 e. The summed E-state index contributed by atoms with van der Waals surface area (Å²) in [7, 11) is -4.78. The van der Waals surface area contributed by atoms with Crippen LogP contribution in [0.1, 0.15) is 44.1 Å². The molecule has 1 saturated heterocycles. The number of rotatable bonds is 11. The van der Waals surface area contributed by atoms with Crippen molar-refractivity contribution in [3.8, 4) is 0 Å². The first-order valence-corrected chi connectivity index (χ1v) is 11.0. The van der Waals surface area contributed by atoms with Gasteiger partial charge in [-0.1, -0.05) is 12.8 Å². The van der Waals surface area contributed by atoms with Crippen LogP contribution >= 0.6 is 0 Å². The normalized spacial score (nSPS) is 16.0. The molecular formula is C18H21N4O9S+. The molecule has 14 heteroatoms. The maximum absolute atomic E-state index is 11.8. The van der Waals surface area contributed by atoms with Crippen LogP contribution in [0.4, 0.5) is 11.4 Å². The summed E-state index contributed by atoms with van der Waals surface area (Å²) in [6, 6.07) is 4.51. The molecule has 1 atom stereocenters. The minimum atomic E-state index is -4.78. The quantitative estimate of drug-likeness (QED) is 0.0732. The van der Waals surface area contributed by atoms with Crippen LogP contribution in [0.15, 0.2) is 23.3 Å². The van der Waals surface area contributed by atoms with E-state index in [0.717, 1.165) is 0 Å². The van der Waals surface area contributed by atoms with E-state index in [9.17, 15) is 32.9 Å². The molecule has 1 aliphatic heterocycles. The Morgan fingerprint density at radius 2 is 2.00 bits per heavy atom. The predicted octanol–water partition coefficient (Wildman–Crippen LogP) is 1.55. The van der Waals surface area contributed by atoms with Gasteiger partial charge in [-0.2, -0.15) is 8.42 Å². The van der Waals surface area contributed by atoms with Gasteiger partial charge in [-0.3, -0.25) is 24.3 Å². The van der Waals surface area contributed by atoms with Crippen LogP contribution < -0.4 is 0 Å². The van der Waals surface area contributed by atoms with Crippen LogP contribution in [0.3, 0.4) is 0 Å². The molecule has 1 aliphatic rings. The van der Waals surface area contributed by atoms with Gasteiger partial charge in [0.2, 0.25) is 0 Å². The fourth-order valence-corrected chi connectivity index (χ4v) is 3.78. The van der Waals surface area contributed by atoms with Crippen molar-refractivity contribution in [1.82, 2.24) is 5.06 Å². The Morgan fingerprint density at radius 3 is 2.59 bits per heavy atom. The van der Waals surface area contributed by atoms with E-state index in [2.05, 4.69) is 21.5 Å². The summed E-state index contributed by atoms with van der Waals surface area (Å²) in [5.74, 6) is -3.24. The van der Waals surface area contributed by atoms with Crippen molar-refractivity contribution < 1.29 is 41.9 Å². The number of aryl methyl sites for hydroxylation is 1. The van der Waals surface area contributed by atoms with Gasteiger partial charge in [-0.05, 0) is 31.4 Å². The lowest BCUT2D eigenvalue weighted by molar-refractivity contribution is -0.385. The third-order valence-electron chi connectivity index (χ3n) is 4.64. The van der Waals surface area contributed by atoms with Gasteiger partial charge in [0.1, 0.15) is 5.11 Å². The number of hydrogen-bond acceptors (Lipinski definition) is 9. The summed E-state index contributed by atoms with van der Waals surface area (Å²) in [5, 5.41) is 13.0. The number of nitro benzene ring substituents is 1. The Kier molecular flexibility index (Phi) is 8.29. The van der Waals surface area contributed by atoms with E-state index in [-0.39, 0.29) is 17.2 Å². The van der Waals surface area contributed by atoms with Gasteiger partial charge in [-0.15, -0.1) is 5.06 Å². The van der Waals surface area contributed by atoms with Gasteiger partial charge in [0, 0.05) is 22.8 Å². The van der Waals surface area contributed by atoms with Crippen molar-refractivity contribution in [1.29, 1.82) is 0 Å². The Bertz CT molecular complexity index is 1080. The van der Waals surface area contributed by atoms with Gasteiger partial charge in [-0.25, -0.2) is 4.79 Å². The lowest BCUT2D eigenvalue weighted by Crippen LogP contribution is -2.36. The lowest BCUT2D eigenvalue weighted by atomic mass is 10.0. The van der Waals surface area contributed by atoms with Gasteiger partial charge in [0.05, 0.1) is 11.3 Å². The molecular weight excluding hydrogens is 448 g/mol. The third kappa shape index (κ3) is 6.51. The second-order valence-corrected chi connectivity index (χ2v) is 8.52. The summed E-state index contributed by atoms with van der Waals surface area (Å²) in [5.41, 5.74) is 0.797.